The van der Waals surface area contributed by atoms with Crippen LogP contribution in [0, 0.1) is 5.82 Å². The molecule has 0 saturated heterocycles. The average molecular weight is 570 g/mol. The maximum Gasteiger partial charge on any atom is 0.424 e. The molecule has 1 atom stereocenters. The lowest BCUT2D eigenvalue weighted by molar-refractivity contribution is -0.265. The number of aliphatic hydroxyl groups is 1. The van der Waals surface area contributed by atoms with Gasteiger partial charge in [-0.15, -0.1) is 0 Å². The lowest BCUT2D eigenvalue weighted by Crippen LogP contribution is -2.51. The van der Waals surface area contributed by atoms with Crippen LogP contribution in [-0.4, -0.2) is 42.4 Å². The molecular weight excluding hydrogens is 542 g/mol. The van der Waals surface area contributed by atoms with Gasteiger partial charge < -0.3 is 25.6 Å². The largest absolute Gasteiger partial charge is 0.493 e. The van der Waals surface area contributed by atoms with Gasteiger partial charge in [0, 0.05) is 16.7 Å². The van der Waals surface area contributed by atoms with Crippen LogP contribution in [-0.2, 0) is 11.1 Å². The summed E-state index contributed by atoms with van der Waals surface area (Å²) < 4.78 is 67.5. The van der Waals surface area contributed by atoms with E-state index >= 15 is 0 Å². The number of hydrogen-bond acceptors (Lipinski definition) is 6. The van der Waals surface area contributed by atoms with E-state index in [1.807, 2.05) is 0 Å². The first-order valence-electron chi connectivity index (χ1n) is 11.8. The van der Waals surface area contributed by atoms with Gasteiger partial charge in [-0.2, -0.15) is 13.2 Å². The summed E-state index contributed by atoms with van der Waals surface area (Å²) in [7, 11) is 1.35. The summed E-state index contributed by atoms with van der Waals surface area (Å²) in [5.74, 6) is -1.07. The normalized spacial score (nSPS) is 13.5. The quantitative estimate of drug-likeness (QED) is 0.301. The van der Waals surface area contributed by atoms with Crippen LogP contribution in [0.4, 0.5) is 17.6 Å². The minimum Gasteiger partial charge on any atom is -0.493 e. The topological polar surface area (TPSA) is 107 Å². The highest BCUT2D eigenvalue weighted by Crippen LogP contribution is 2.40. The number of pyridine rings is 1. The molecule has 39 heavy (non-hydrogen) atoms. The van der Waals surface area contributed by atoms with Gasteiger partial charge in [-0.05, 0) is 74.9 Å². The molecule has 7 nitrogen and oxygen atoms in total. The van der Waals surface area contributed by atoms with Gasteiger partial charge in [0.05, 0.1) is 36.7 Å². The molecule has 0 aliphatic carbocycles. The first-order chi connectivity index (χ1) is 18.1. The number of benzene rings is 2. The molecule has 0 fully saturated rings. The Morgan fingerprint density at radius 1 is 1.10 bits per heavy atom. The van der Waals surface area contributed by atoms with Crippen molar-refractivity contribution in [3.63, 3.8) is 0 Å². The third kappa shape index (κ3) is 6.60. The zero-order chi connectivity index (χ0) is 29.2. The zero-order valence-corrected chi connectivity index (χ0v) is 22.4. The molecule has 1 unspecified atom stereocenters. The highest BCUT2D eigenvalue weighted by Gasteiger charge is 2.56. The van der Waals surface area contributed by atoms with E-state index in [0.717, 1.165) is 12.1 Å². The summed E-state index contributed by atoms with van der Waals surface area (Å²) >= 11 is 5.87. The Morgan fingerprint density at radius 3 is 2.36 bits per heavy atom. The standard InChI is InChI=1S/C27H28ClF4N3O4/c1-5-39-21-9-7-16(11-22(21)38-4)24(36)34-14-26(37,27(30,31)32)23-13-17(25(2,3)33)12-20(35-23)15-6-8-19(29)18(28)10-15/h6-13,37H,5,14,33H2,1-4H3,(H,34,36). The van der Waals surface area contributed by atoms with Crippen LogP contribution in [0.15, 0.2) is 48.5 Å². The average Bonchev–Trinajstić information content (AvgIpc) is 2.87. The van der Waals surface area contributed by atoms with Crippen LogP contribution in [0.2, 0.25) is 5.02 Å². The second kappa shape index (κ2) is 11.4. The van der Waals surface area contributed by atoms with Crippen LogP contribution in [0.1, 0.15) is 42.4 Å². The van der Waals surface area contributed by atoms with Crippen molar-refractivity contribution in [2.45, 2.75) is 38.1 Å². The summed E-state index contributed by atoms with van der Waals surface area (Å²) in [6.45, 7) is 3.93. The summed E-state index contributed by atoms with van der Waals surface area (Å²) in [5.41, 5.74) is 0.939. The molecule has 0 radical (unpaired) electrons. The number of hydrogen-bond donors (Lipinski definition) is 3. The van der Waals surface area contributed by atoms with Crippen molar-refractivity contribution in [1.29, 1.82) is 0 Å². The zero-order valence-electron chi connectivity index (χ0n) is 21.6. The van der Waals surface area contributed by atoms with Crippen molar-refractivity contribution in [3.8, 4) is 22.8 Å². The fourth-order valence-electron chi connectivity index (χ4n) is 3.65. The minimum atomic E-state index is -5.27. The van der Waals surface area contributed by atoms with Gasteiger partial charge in [0.15, 0.2) is 11.5 Å². The van der Waals surface area contributed by atoms with Crippen LogP contribution < -0.4 is 20.5 Å². The Morgan fingerprint density at radius 2 is 1.79 bits per heavy atom. The van der Waals surface area contributed by atoms with E-state index in [0.29, 0.717) is 12.4 Å². The second-order valence-corrected chi connectivity index (χ2v) is 9.72. The lowest BCUT2D eigenvalue weighted by Gasteiger charge is -2.32. The maximum atomic E-state index is 14.4. The predicted octanol–water partition coefficient (Wildman–Crippen LogP) is 5.32. The van der Waals surface area contributed by atoms with E-state index in [-0.39, 0.29) is 33.2 Å². The van der Waals surface area contributed by atoms with Crippen LogP contribution >= 0.6 is 11.6 Å². The first kappa shape index (κ1) is 30.1. The number of amides is 1. The van der Waals surface area contributed by atoms with Crippen molar-refractivity contribution >= 4 is 17.5 Å². The van der Waals surface area contributed by atoms with Gasteiger partial charge in [-0.3, -0.25) is 4.79 Å². The molecule has 3 aromatic rings. The Bertz CT molecular complexity index is 1360. The van der Waals surface area contributed by atoms with Crippen molar-refractivity contribution < 1.29 is 36.9 Å². The molecule has 1 aromatic heterocycles. The van der Waals surface area contributed by atoms with Crippen molar-refractivity contribution in [2.24, 2.45) is 5.73 Å². The Labute approximate surface area is 227 Å². The molecule has 3 rings (SSSR count). The molecule has 0 aliphatic heterocycles. The summed E-state index contributed by atoms with van der Waals surface area (Å²) in [6.07, 6.45) is -5.27. The highest BCUT2D eigenvalue weighted by atomic mass is 35.5. The molecule has 1 heterocycles. The Balaban J connectivity index is 2.05. The van der Waals surface area contributed by atoms with Crippen LogP contribution in [0.25, 0.3) is 11.3 Å². The van der Waals surface area contributed by atoms with E-state index in [9.17, 15) is 27.5 Å². The van der Waals surface area contributed by atoms with E-state index in [4.69, 9.17) is 26.8 Å². The molecule has 210 valence electrons. The highest BCUT2D eigenvalue weighted by molar-refractivity contribution is 6.31. The number of nitrogens with one attached hydrogen (secondary N) is 1. The lowest BCUT2D eigenvalue weighted by atomic mass is 9.89. The van der Waals surface area contributed by atoms with Gasteiger partial charge in [0.1, 0.15) is 5.82 Å². The number of nitrogens with two attached hydrogens (primary N) is 1. The smallest absolute Gasteiger partial charge is 0.424 e. The van der Waals surface area contributed by atoms with Gasteiger partial charge in [-0.25, -0.2) is 9.37 Å². The molecular formula is C27H28ClF4N3O4. The second-order valence-electron chi connectivity index (χ2n) is 9.32. The number of carbonyl (C=O) groups is 1. The number of ether oxygens (including phenoxy) is 2. The molecule has 0 spiro atoms. The fraction of sp³-hybridized carbons (Fsp3) is 0.333. The van der Waals surface area contributed by atoms with Gasteiger partial charge >= 0.3 is 6.18 Å². The molecule has 2 aromatic carbocycles. The number of carbonyl (C=O) groups excluding carboxylic acids is 1. The molecule has 1 amide bonds. The van der Waals surface area contributed by atoms with Gasteiger partial charge in [0.25, 0.3) is 5.91 Å². The summed E-state index contributed by atoms with van der Waals surface area (Å²) in [4.78, 5) is 16.8. The molecule has 0 saturated carbocycles. The van der Waals surface area contributed by atoms with Gasteiger partial charge in [-0.1, -0.05) is 11.6 Å². The number of rotatable bonds is 9. The van der Waals surface area contributed by atoms with Crippen LogP contribution in [0.5, 0.6) is 11.5 Å². The predicted molar refractivity (Wildman–Crippen MR) is 138 cm³/mol. The third-order valence-electron chi connectivity index (χ3n) is 5.91. The number of methoxy groups -OCH3 is 1. The monoisotopic (exact) mass is 569 g/mol. The van der Waals surface area contributed by atoms with Crippen molar-refractivity contribution in [1.82, 2.24) is 10.3 Å². The Hall–Kier alpha value is -3.41. The molecule has 4 N–H and O–H groups in total. The molecule has 0 bridgehead atoms. The van der Waals surface area contributed by atoms with Crippen molar-refractivity contribution in [2.75, 3.05) is 20.3 Å². The summed E-state index contributed by atoms with van der Waals surface area (Å²) in [6, 6.07) is 10.1. The van der Waals surface area contributed by atoms with E-state index in [1.54, 1.807) is 20.8 Å². The van der Waals surface area contributed by atoms with Crippen LogP contribution in [0.3, 0.4) is 0 Å². The van der Waals surface area contributed by atoms with E-state index in [1.165, 1.54) is 43.5 Å². The number of halogens is 5. The maximum absolute atomic E-state index is 14.4. The number of nitrogens with zero attached hydrogens (tertiary/aromatic N) is 1. The van der Waals surface area contributed by atoms with Crippen molar-refractivity contribution in [3.05, 3.63) is 76.2 Å². The van der Waals surface area contributed by atoms with E-state index < -0.39 is 41.3 Å². The first-order valence-corrected chi connectivity index (χ1v) is 12.1. The van der Waals surface area contributed by atoms with E-state index in [2.05, 4.69) is 10.3 Å². The fourth-order valence-corrected chi connectivity index (χ4v) is 3.83. The minimum absolute atomic E-state index is 0.0220. The third-order valence-corrected chi connectivity index (χ3v) is 6.20. The molecule has 0 aliphatic rings. The molecule has 12 heteroatoms. The number of alkyl halides is 3. The summed E-state index contributed by atoms with van der Waals surface area (Å²) in [5, 5.41) is 12.9. The number of aromatic nitrogens is 1. The Kier molecular flexibility index (Phi) is 8.79. The SMILES string of the molecule is CCOc1ccc(C(=O)NCC(O)(c2cc(C(C)(C)N)cc(-c3ccc(F)c(Cl)c3)n2)C(F)(F)F)cc1OC. The van der Waals surface area contributed by atoms with Gasteiger partial charge in [0.2, 0.25) is 5.60 Å².